The first-order valence-corrected chi connectivity index (χ1v) is 7.65. The van der Waals surface area contributed by atoms with Crippen molar-refractivity contribution in [2.45, 2.75) is 26.1 Å². The Bertz CT molecular complexity index is 870. The zero-order chi connectivity index (χ0) is 17.5. The second-order valence-electron chi connectivity index (χ2n) is 5.73. The number of nitrogens with zero attached hydrogens (tertiary/aromatic N) is 1. The van der Waals surface area contributed by atoms with Crippen molar-refractivity contribution in [2.24, 2.45) is 0 Å². The molecule has 0 aliphatic heterocycles. The van der Waals surface area contributed by atoms with E-state index in [0.29, 0.717) is 22.1 Å². The van der Waals surface area contributed by atoms with Gasteiger partial charge in [-0.15, -0.1) is 13.2 Å². The largest absolute Gasteiger partial charge is 0.574 e. The van der Waals surface area contributed by atoms with Crippen LogP contribution in [0.25, 0.3) is 22.0 Å². The number of halogens is 4. The van der Waals surface area contributed by atoms with Crippen molar-refractivity contribution in [3.63, 3.8) is 0 Å². The number of rotatable bonds is 3. The average Bonchev–Trinajstić information content (AvgIpc) is 2.89. The van der Waals surface area contributed by atoms with E-state index in [-0.39, 0.29) is 0 Å². The van der Waals surface area contributed by atoms with Crippen molar-refractivity contribution < 1.29 is 17.9 Å². The van der Waals surface area contributed by atoms with Crippen molar-refractivity contribution in [1.29, 1.82) is 0 Å². The SMILES string of the molecule is CC(C)c1cc2cc(Cl)c(-c3ccc(OC(F)(F)F)nc3)cc2[nH]1. The van der Waals surface area contributed by atoms with Crippen LogP contribution in [0.1, 0.15) is 25.5 Å². The highest BCUT2D eigenvalue weighted by molar-refractivity contribution is 6.34. The number of pyridine rings is 1. The topological polar surface area (TPSA) is 37.9 Å². The Morgan fingerprint density at radius 2 is 1.92 bits per heavy atom. The average molecular weight is 355 g/mol. The molecule has 3 aromatic rings. The van der Waals surface area contributed by atoms with E-state index >= 15 is 0 Å². The molecule has 1 N–H and O–H groups in total. The smallest absolute Gasteiger partial charge is 0.388 e. The van der Waals surface area contributed by atoms with Crippen LogP contribution < -0.4 is 4.74 Å². The second-order valence-corrected chi connectivity index (χ2v) is 6.14. The molecule has 0 atom stereocenters. The lowest BCUT2D eigenvalue weighted by Gasteiger charge is -2.09. The Balaban J connectivity index is 1.97. The Morgan fingerprint density at radius 3 is 2.50 bits per heavy atom. The van der Waals surface area contributed by atoms with Crippen molar-refractivity contribution in [3.8, 4) is 17.0 Å². The number of ether oxygens (including phenoxy) is 1. The first-order valence-electron chi connectivity index (χ1n) is 7.27. The summed E-state index contributed by atoms with van der Waals surface area (Å²) >= 11 is 6.32. The van der Waals surface area contributed by atoms with E-state index in [1.54, 1.807) is 0 Å². The Kier molecular flexibility index (Phi) is 4.17. The maximum absolute atomic E-state index is 12.2. The van der Waals surface area contributed by atoms with Gasteiger partial charge in [-0.05, 0) is 30.2 Å². The van der Waals surface area contributed by atoms with Crippen LogP contribution in [0.5, 0.6) is 5.88 Å². The van der Waals surface area contributed by atoms with Gasteiger partial charge < -0.3 is 9.72 Å². The summed E-state index contributed by atoms with van der Waals surface area (Å²) < 4.78 is 40.3. The van der Waals surface area contributed by atoms with Crippen LogP contribution in [0.3, 0.4) is 0 Å². The normalized spacial score (nSPS) is 12.1. The lowest BCUT2D eigenvalue weighted by atomic mass is 10.1. The summed E-state index contributed by atoms with van der Waals surface area (Å²) in [6.45, 7) is 4.16. The number of benzene rings is 1. The molecule has 0 amide bonds. The lowest BCUT2D eigenvalue weighted by Crippen LogP contribution is -2.17. The zero-order valence-corrected chi connectivity index (χ0v) is 13.7. The number of hydrogen-bond donors (Lipinski definition) is 1. The summed E-state index contributed by atoms with van der Waals surface area (Å²) in [5.74, 6) is -0.162. The van der Waals surface area contributed by atoms with E-state index in [2.05, 4.69) is 28.6 Å². The Morgan fingerprint density at radius 1 is 1.17 bits per heavy atom. The van der Waals surface area contributed by atoms with Gasteiger partial charge >= 0.3 is 6.36 Å². The van der Waals surface area contributed by atoms with E-state index in [1.807, 2.05) is 18.2 Å². The Hall–Kier alpha value is -2.21. The number of hydrogen-bond acceptors (Lipinski definition) is 2. The molecule has 0 bridgehead atoms. The van der Waals surface area contributed by atoms with E-state index in [9.17, 15) is 13.2 Å². The molecule has 0 spiro atoms. The molecular formula is C17H14ClF3N2O. The lowest BCUT2D eigenvalue weighted by molar-refractivity contribution is -0.276. The molecule has 0 aliphatic carbocycles. The number of nitrogens with one attached hydrogen (secondary N) is 1. The number of fused-ring (bicyclic) bond motifs is 1. The third kappa shape index (κ3) is 3.48. The van der Waals surface area contributed by atoms with E-state index in [0.717, 1.165) is 22.7 Å². The van der Waals surface area contributed by atoms with Gasteiger partial charge in [0, 0.05) is 45.0 Å². The van der Waals surface area contributed by atoms with Crippen molar-refractivity contribution >= 4 is 22.5 Å². The molecule has 2 aromatic heterocycles. The summed E-state index contributed by atoms with van der Waals surface area (Å²) in [6, 6.07) is 8.39. The maximum atomic E-state index is 12.2. The van der Waals surface area contributed by atoms with Crippen LogP contribution in [0.2, 0.25) is 5.02 Å². The molecule has 126 valence electrons. The molecule has 3 nitrogen and oxygen atoms in total. The minimum absolute atomic E-state index is 0.347. The predicted octanol–water partition coefficient (Wildman–Crippen LogP) is 5.91. The second kappa shape index (κ2) is 6.02. The van der Waals surface area contributed by atoms with Gasteiger partial charge in [0.05, 0.1) is 0 Å². The fraction of sp³-hybridized carbons (Fsp3) is 0.235. The molecule has 7 heteroatoms. The summed E-state index contributed by atoms with van der Waals surface area (Å²) in [5.41, 5.74) is 3.29. The molecule has 0 radical (unpaired) electrons. The van der Waals surface area contributed by atoms with Gasteiger partial charge in [-0.25, -0.2) is 4.98 Å². The molecule has 3 rings (SSSR count). The molecular weight excluding hydrogens is 341 g/mol. The van der Waals surface area contributed by atoms with Gasteiger partial charge in [0.1, 0.15) is 0 Å². The third-order valence-electron chi connectivity index (χ3n) is 3.62. The monoisotopic (exact) mass is 354 g/mol. The van der Waals surface area contributed by atoms with E-state index in [4.69, 9.17) is 11.6 Å². The summed E-state index contributed by atoms with van der Waals surface area (Å²) in [5, 5.41) is 1.49. The molecule has 0 fully saturated rings. The van der Waals surface area contributed by atoms with Crippen molar-refractivity contribution in [1.82, 2.24) is 9.97 Å². The number of aromatic nitrogens is 2. The van der Waals surface area contributed by atoms with Gasteiger partial charge in [0.2, 0.25) is 5.88 Å². The number of alkyl halides is 3. The highest BCUT2D eigenvalue weighted by Crippen LogP contribution is 2.34. The molecule has 1 aromatic carbocycles. The molecule has 24 heavy (non-hydrogen) atoms. The van der Waals surface area contributed by atoms with Crippen LogP contribution in [-0.4, -0.2) is 16.3 Å². The standard InChI is InChI=1S/C17H14ClF3N2O/c1-9(2)14-6-11-5-13(18)12(7-15(11)23-14)10-3-4-16(22-8-10)24-17(19,20)21/h3-9,23H,1-2H3. The highest BCUT2D eigenvalue weighted by atomic mass is 35.5. The fourth-order valence-corrected chi connectivity index (χ4v) is 2.71. The van der Waals surface area contributed by atoms with Gasteiger partial charge in [0.25, 0.3) is 0 Å². The van der Waals surface area contributed by atoms with Gasteiger partial charge in [0.15, 0.2) is 0 Å². The van der Waals surface area contributed by atoms with E-state index < -0.39 is 12.2 Å². The molecule has 0 unspecified atom stereocenters. The summed E-state index contributed by atoms with van der Waals surface area (Å²) in [4.78, 5) is 7.01. The third-order valence-corrected chi connectivity index (χ3v) is 3.93. The molecule has 0 aliphatic rings. The minimum Gasteiger partial charge on any atom is -0.388 e. The predicted molar refractivity (Wildman–Crippen MR) is 87.3 cm³/mol. The first-order chi connectivity index (χ1) is 11.2. The number of H-pyrrole nitrogens is 1. The molecule has 2 heterocycles. The van der Waals surface area contributed by atoms with Crippen molar-refractivity contribution in [2.75, 3.05) is 0 Å². The number of aromatic amines is 1. The van der Waals surface area contributed by atoms with Crippen LogP contribution >= 0.6 is 11.6 Å². The zero-order valence-electron chi connectivity index (χ0n) is 12.9. The van der Waals surface area contributed by atoms with E-state index in [1.165, 1.54) is 12.3 Å². The van der Waals surface area contributed by atoms with Gasteiger partial charge in [-0.2, -0.15) is 0 Å². The first kappa shape index (κ1) is 16.6. The van der Waals surface area contributed by atoms with Crippen LogP contribution in [0, 0.1) is 0 Å². The molecule has 0 saturated heterocycles. The quantitative estimate of drug-likeness (QED) is 0.635. The fourth-order valence-electron chi connectivity index (χ4n) is 2.43. The maximum Gasteiger partial charge on any atom is 0.574 e. The van der Waals surface area contributed by atoms with Crippen molar-refractivity contribution in [3.05, 3.63) is 47.2 Å². The minimum atomic E-state index is -4.76. The Labute approximate surface area is 141 Å². The summed E-state index contributed by atoms with van der Waals surface area (Å²) in [6.07, 6.45) is -3.46. The summed E-state index contributed by atoms with van der Waals surface area (Å²) in [7, 11) is 0. The van der Waals surface area contributed by atoms with Crippen LogP contribution in [0.15, 0.2) is 36.5 Å². The van der Waals surface area contributed by atoms with Crippen LogP contribution in [0.4, 0.5) is 13.2 Å². The van der Waals surface area contributed by atoms with Crippen LogP contribution in [-0.2, 0) is 0 Å². The highest BCUT2D eigenvalue weighted by Gasteiger charge is 2.31. The van der Waals surface area contributed by atoms with Gasteiger partial charge in [-0.1, -0.05) is 25.4 Å². The van der Waals surface area contributed by atoms with Gasteiger partial charge in [-0.3, -0.25) is 0 Å². The molecule has 0 saturated carbocycles.